The summed E-state index contributed by atoms with van der Waals surface area (Å²) in [4.78, 5) is 18.7. The number of phenols is 2. The van der Waals surface area contributed by atoms with Crippen LogP contribution in [0.4, 0.5) is 0 Å². The van der Waals surface area contributed by atoms with Crippen LogP contribution in [0.1, 0.15) is 23.9 Å². The summed E-state index contributed by atoms with van der Waals surface area (Å²) in [5.41, 5.74) is 2.06. The first kappa shape index (κ1) is 14.6. The van der Waals surface area contributed by atoms with Crippen LogP contribution in [-0.4, -0.2) is 26.0 Å². The van der Waals surface area contributed by atoms with Crippen molar-refractivity contribution >= 4 is 6.21 Å². The number of H-pyrrole nitrogens is 1. The molecule has 6 heteroatoms. The minimum Gasteiger partial charge on any atom is -0.508 e. The number of aromatic hydroxyl groups is 2. The van der Waals surface area contributed by atoms with Crippen LogP contribution >= 0.6 is 0 Å². The van der Waals surface area contributed by atoms with Crippen LogP contribution in [0.25, 0.3) is 0 Å². The Morgan fingerprint density at radius 2 is 2.19 bits per heavy atom. The number of nitrogens with one attached hydrogen (secondary N) is 1. The van der Waals surface area contributed by atoms with E-state index >= 15 is 0 Å². The van der Waals surface area contributed by atoms with E-state index in [2.05, 4.69) is 16.6 Å². The molecule has 0 aliphatic heterocycles. The van der Waals surface area contributed by atoms with Gasteiger partial charge in [-0.15, -0.1) is 0 Å². The highest BCUT2D eigenvalue weighted by molar-refractivity contribution is 5.79. The van der Waals surface area contributed by atoms with E-state index in [9.17, 15) is 15.0 Å². The van der Waals surface area contributed by atoms with Gasteiger partial charge < -0.3 is 15.2 Å². The molecule has 0 bridgehead atoms. The summed E-state index contributed by atoms with van der Waals surface area (Å²) in [6.07, 6.45) is 1.54. The number of imidazole rings is 1. The van der Waals surface area contributed by atoms with E-state index in [1.54, 1.807) is 13.8 Å². The molecule has 110 valence electrons. The first-order valence-electron chi connectivity index (χ1n) is 6.38. The number of allylic oxidation sites excluding steroid dienone is 1. The minimum atomic E-state index is -0.307. The molecule has 0 amide bonds. The smallest absolute Gasteiger partial charge is 0.326 e. The molecule has 0 radical (unpaired) electrons. The highest BCUT2D eigenvalue weighted by Gasteiger charge is 2.11. The Hall–Kier alpha value is -2.76. The second-order valence-electron chi connectivity index (χ2n) is 4.82. The summed E-state index contributed by atoms with van der Waals surface area (Å²) in [6, 6.07) is 4.20. The fourth-order valence-corrected chi connectivity index (χ4v) is 1.93. The molecule has 0 fully saturated rings. The van der Waals surface area contributed by atoms with Crippen LogP contribution in [0.5, 0.6) is 11.5 Å². The average Bonchev–Trinajstić information content (AvgIpc) is 2.68. The van der Waals surface area contributed by atoms with Crippen molar-refractivity contribution < 1.29 is 10.2 Å². The van der Waals surface area contributed by atoms with Gasteiger partial charge in [-0.1, -0.05) is 6.58 Å². The fourth-order valence-electron chi connectivity index (χ4n) is 1.93. The SMILES string of the molecule is C=C(C)N=Cc1[nH]c(=O)n(Cc2cc(O)ccc2O)c1C. The molecular formula is C15H17N3O3. The van der Waals surface area contributed by atoms with E-state index in [0.717, 1.165) is 0 Å². The second-order valence-corrected chi connectivity index (χ2v) is 4.82. The van der Waals surface area contributed by atoms with Gasteiger partial charge in [0.15, 0.2) is 0 Å². The molecule has 0 saturated heterocycles. The average molecular weight is 287 g/mol. The molecule has 21 heavy (non-hydrogen) atoms. The van der Waals surface area contributed by atoms with Crippen LogP contribution in [0, 0.1) is 6.92 Å². The normalized spacial score (nSPS) is 11.1. The predicted molar refractivity (Wildman–Crippen MR) is 81.1 cm³/mol. The van der Waals surface area contributed by atoms with Gasteiger partial charge in [0.25, 0.3) is 0 Å². The number of aromatic nitrogens is 2. The summed E-state index contributed by atoms with van der Waals surface area (Å²) in [5, 5.41) is 19.3. The third-order valence-electron chi connectivity index (χ3n) is 3.09. The Balaban J connectivity index is 2.39. The van der Waals surface area contributed by atoms with Crippen molar-refractivity contribution in [3.63, 3.8) is 0 Å². The second kappa shape index (κ2) is 5.70. The lowest BCUT2D eigenvalue weighted by molar-refractivity contribution is 0.451. The van der Waals surface area contributed by atoms with Gasteiger partial charge in [0.05, 0.1) is 18.5 Å². The van der Waals surface area contributed by atoms with Gasteiger partial charge in [-0.2, -0.15) is 0 Å². The summed E-state index contributed by atoms with van der Waals surface area (Å²) in [7, 11) is 0. The number of rotatable bonds is 4. The van der Waals surface area contributed by atoms with Gasteiger partial charge in [-0.05, 0) is 32.0 Å². The topological polar surface area (TPSA) is 90.6 Å². The molecule has 1 aromatic carbocycles. The Labute approximate surface area is 121 Å². The molecule has 2 rings (SSSR count). The Kier molecular flexibility index (Phi) is 3.98. The lowest BCUT2D eigenvalue weighted by Gasteiger charge is -2.07. The number of hydrogen-bond donors (Lipinski definition) is 3. The van der Waals surface area contributed by atoms with E-state index in [0.29, 0.717) is 22.6 Å². The standard InChI is InChI=1S/C15H17N3O3/c1-9(2)16-7-13-10(3)18(15(21)17-13)8-11-6-12(19)4-5-14(11)20/h4-7,19-20H,1,8H2,2-3H3,(H,17,21). The highest BCUT2D eigenvalue weighted by atomic mass is 16.3. The quantitative estimate of drug-likeness (QED) is 0.592. The van der Waals surface area contributed by atoms with E-state index < -0.39 is 0 Å². The molecule has 2 aromatic rings. The Morgan fingerprint density at radius 3 is 2.86 bits per heavy atom. The number of phenolic OH excluding ortho intramolecular Hbond substituents is 2. The van der Waals surface area contributed by atoms with E-state index in [4.69, 9.17) is 0 Å². The monoisotopic (exact) mass is 287 g/mol. The lowest BCUT2D eigenvalue weighted by atomic mass is 10.2. The maximum absolute atomic E-state index is 12.0. The Bertz CT molecular complexity index is 769. The molecule has 0 saturated carbocycles. The van der Waals surface area contributed by atoms with Crippen LogP contribution in [-0.2, 0) is 6.54 Å². The maximum Gasteiger partial charge on any atom is 0.326 e. The fraction of sp³-hybridized carbons (Fsp3) is 0.200. The third kappa shape index (κ3) is 3.22. The molecule has 0 aliphatic carbocycles. The van der Waals surface area contributed by atoms with E-state index in [-0.39, 0.29) is 23.7 Å². The van der Waals surface area contributed by atoms with Crippen LogP contribution in [0.2, 0.25) is 0 Å². The summed E-state index contributed by atoms with van der Waals surface area (Å²) in [6.45, 7) is 7.35. The minimum absolute atomic E-state index is 0.0254. The summed E-state index contributed by atoms with van der Waals surface area (Å²) in [5.74, 6) is 0.0607. The van der Waals surface area contributed by atoms with Crippen LogP contribution in [0.3, 0.4) is 0 Å². The zero-order valence-electron chi connectivity index (χ0n) is 11.9. The van der Waals surface area contributed by atoms with Crippen molar-refractivity contribution in [1.29, 1.82) is 0 Å². The molecular weight excluding hydrogens is 270 g/mol. The molecule has 0 aliphatic rings. The highest BCUT2D eigenvalue weighted by Crippen LogP contribution is 2.23. The number of aromatic amines is 1. The molecule has 1 heterocycles. The third-order valence-corrected chi connectivity index (χ3v) is 3.09. The van der Waals surface area contributed by atoms with Gasteiger partial charge in [-0.25, -0.2) is 4.79 Å². The molecule has 0 spiro atoms. The van der Waals surface area contributed by atoms with Crippen molar-refractivity contribution in [2.75, 3.05) is 0 Å². The lowest BCUT2D eigenvalue weighted by Crippen LogP contribution is -2.18. The van der Waals surface area contributed by atoms with Crippen LogP contribution in [0.15, 0.2) is 40.3 Å². The number of nitrogens with zero attached hydrogens (tertiary/aromatic N) is 2. The van der Waals surface area contributed by atoms with Gasteiger partial charge in [-0.3, -0.25) is 9.56 Å². The van der Waals surface area contributed by atoms with Gasteiger partial charge in [0.2, 0.25) is 0 Å². The molecule has 0 unspecified atom stereocenters. The molecule has 0 atom stereocenters. The van der Waals surface area contributed by atoms with Crippen molar-refractivity contribution in [2.24, 2.45) is 4.99 Å². The van der Waals surface area contributed by atoms with Crippen molar-refractivity contribution in [2.45, 2.75) is 20.4 Å². The van der Waals surface area contributed by atoms with Gasteiger partial charge >= 0.3 is 5.69 Å². The van der Waals surface area contributed by atoms with Crippen molar-refractivity contribution in [1.82, 2.24) is 9.55 Å². The predicted octanol–water partition coefficient (Wildman–Crippen LogP) is 1.90. The van der Waals surface area contributed by atoms with Crippen LogP contribution < -0.4 is 5.69 Å². The summed E-state index contributed by atoms with van der Waals surface area (Å²) < 4.78 is 1.47. The molecule has 3 N–H and O–H groups in total. The summed E-state index contributed by atoms with van der Waals surface area (Å²) >= 11 is 0. The van der Waals surface area contributed by atoms with Crippen molar-refractivity contribution in [3.8, 4) is 11.5 Å². The number of benzene rings is 1. The zero-order chi connectivity index (χ0) is 15.6. The molecule has 6 nitrogen and oxygen atoms in total. The van der Waals surface area contributed by atoms with Gasteiger partial charge in [0.1, 0.15) is 11.5 Å². The number of hydrogen-bond acceptors (Lipinski definition) is 4. The Morgan fingerprint density at radius 1 is 1.48 bits per heavy atom. The van der Waals surface area contributed by atoms with Crippen molar-refractivity contribution in [3.05, 3.63) is 57.9 Å². The largest absolute Gasteiger partial charge is 0.508 e. The zero-order valence-corrected chi connectivity index (χ0v) is 11.9. The first-order chi connectivity index (χ1) is 9.88. The van der Waals surface area contributed by atoms with E-state index in [1.165, 1.54) is 29.0 Å². The first-order valence-corrected chi connectivity index (χ1v) is 6.38. The number of aliphatic imine (C=N–C) groups is 1. The maximum atomic E-state index is 12.0. The van der Waals surface area contributed by atoms with E-state index in [1.807, 2.05) is 0 Å². The van der Waals surface area contributed by atoms with Gasteiger partial charge in [0, 0.05) is 17.0 Å². The molecule has 1 aromatic heterocycles.